The van der Waals surface area contributed by atoms with Crippen molar-refractivity contribution in [2.24, 2.45) is 0 Å². The molecule has 1 heterocycles. The SMILES string of the molecule is CC=CCc1ccc2sc3ccccc3c(=O)c2c1. The summed E-state index contributed by atoms with van der Waals surface area (Å²) in [6, 6.07) is 14.0. The van der Waals surface area contributed by atoms with E-state index in [1.54, 1.807) is 11.3 Å². The first-order valence-corrected chi connectivity index (χ1v) is 7.17. The molecule has 0 N–H and O–H groups in total. The average molecular weight is 266 g/mol. The van der Waals surface area contributed by atoms with E-state index < -0.39 is 0 Å². The third-order valence-corrected chi connectivity index (χ3v) is 4.38. The summed E-state index contributed by atoms with van der Waals surface area (Å²) >= 11 is 1.68. The Morgan fingerprint density at radius 2 is 1.84 bits per heavy atom. The maximum Gasteiger partial charge on any atom is 0.195 e. The highest BCUT2D eigenvalue weighted by Crippen LogP contribution is 2.25. The Morgan fingerprint density at radius 3 is 2.68 bits per heavy atom. The van der Waals surface area contributed by atoms with Crippen LogP contribution in [0.15, 0.2) is 59.4 Å². The third kappa shape index (κ3) is 2.20. The lowest BCUT2D eigenvalue weighted by Crippen LogP contribution is -2.01. The fourth-order valence-corrected chi connectivity index (χ4v) is 3.28. The zero-order valence-corrected chi connectivity index (χ0v) is 11.5. The Bertz CT molecular complexity index is 827. The molecule has 0 fully saturated rings. The Hall–Kier alpha value is -1.93. The van der Waals surface area contributed by atoms with Gasteiger partial charge in [-0.3, -0.25) is 4.79 Å². The zero-order chi connectivity index (χ0) is 13.2. The Kier molecular flexibility index (Phi) is 3.18. The van der Waals surface area contributed by atoms with E-state index in [0.717, 1.165) is 26.6 Å². The van der Waals surface area contributed by atoms with Crippen LogP contribution in [0.3, 0.4) is 0 Å². The van der Waals surface area contributed by atoms with Crippen molar-refractivity contribution >= 4 is 31.5 Å². The molecule has 0 aliphatic heterocycles. The van der Waals surface area contributed by atoms with Gasteiger partial charge in [0.2, 0.25) is 0 Å². The molecule has 0 radical (unpaired) electrons. The molecule has 0 unspecified atom stereocenters. The molecule has 1 aromatic heterocycles. The summed E-state index contributed by atoms with van der Waals surface area (Å²) in [4.78, 5) is 12.5. The zero-order valence-electron chi connectivity index (χ0n) is 10.7. The van der Waals surface area contributed by atoms with Crippen molar-refractivity contribution in [1.82, 2.24) is 0 Å². The molecule has 2 heteroatoms. The van der Waals surface area contributed by atoms with Crippen LogP contribution in [0.4, 0.5) is 0 Å². The van der Waals surface area contributed by atoms with Gasteiger partial charge in [-0.25, -0.2) is 0 Å². The van der Waals surface area contributed by atoms with Gasteiger partial charge in [-0.15, -0.1) is 11.3 Å². The number of allylic oxidation sites excluding steroid dienone is 2. The van der Waals surface area contributed by atoms with Crippen molar-refractivity contribution in [1.29, 1.82) is 0 Å². The molecule has 1 nitrogen and oxygen atoms in total. The van der Waals surface area contributed by atoms with E-state index >= 15 is 0 Å². The highest BCUT2D eigenvalue weighted by molar-refractivity contribution is 7.24. The van der Waals surface area contributed by atoms with Crippen LogP contribution in [-0.2, 0) is 6.42 Å². The molecule has 0 bridgehead atoms. The van der Waals surface area contributed by atoms with Crippen LogP contribution in [0, 0.1) is 0 Å². The Balaban J connectivity index is 2.30. The topological polar surface area (TPSA) is 17.1 Å². The van der Waals surface area contributed by atoms with E-state index in [2.05, 4.69) is 18.2 Å². The van der Waals surface area contributed by atoms with E-state index in [-0.39, 0.29) is 5.43 Å². The van der Waals surface area contributed by atoms with Gasteiger partial charge in [0.1, 0.15) is 0 Å². The van der Waals surface area contributed by atoms with Crippen molar-refractivity contribution < 1.29 is 0 Å². The molecule has 0 saturated heterocycles. The lowest BCUT2D eigenvalue weighted by molar-refractivity contribution is 1.27. The standard InChI is InChI=1S/C17H14OS/c1-2-3-6-12-9-10-16-14(11-12)17(18)13-7-4-5-8-15(13)19-16/h2-5,7-11H,6H2,1H3. The van der Waals surface area contributed by atoms with Crippen LogP contribution in [0.2, 0.25) is 0 Å². The van der Waals surface area contributed by atoms with Crippen LogP contribution in [-0.4, -0.2) is 0 Å². The van der Waals surface area contributed by atoms with Crippen LogP contribution >= 0.6 is 11.3 Å². The molecule has 3 rings (SSSR count). The van der Waals surface area contributed by atoms with E-state index in [4.69, 9.17) is 0 Å². The summed E-state index contributed by atoms with van der Waals surface area (Å²) in [6.45, 7) is 2.01. The maximum absolute atomic E-state index is 12.5. The first-order valence-electron chi connectivity index (χ1n) is 6.35. The fraction of sp³-hybridized carbons (Fsp3) is 0.118. The van der Waals surface area contributed by atoms with Gasteiger partial charge in [0.25, 0.3) is 0 Å². The quantitative estimate of drug-likeness (QED) is 0.492. The van der Waals surface area contributed by atoms with Crippen LogP contribution < -0.4 is 5.43 Å². The van der Waals surface area contributed by atoms with E-state index in [1.807, 2.05) is 43.3 Å². The van der Waals surface area contributed by atoms with Crippen molar-refractivity contribution in [3.05, 3.63) is 70.4 Å². The minimum Gasteiger partial charge on any atom is -0.289 e. The normalized spacial score (nSPS) is 11.6. The van der Waals surface area contributed by atoms with Gasteiger partial charge in [0.05, 0.1) is 0 Å². The van der Waals surface area contributed by atoms with Crippen molar-refractivity contribution in [3.63, 3.8) is 0 Å². The molecule has 2 aromatic carbocycles. The molecule has 0 amide bonds. The summed E-state index contributed by atoms with van der Waals surface area (Å²) in [6.07, 6.45) is 5.02. The molecule has 0 spiro atoms. The molecule has 3 aromatic rings. The minimum atomic E-state index is 0.145. The van der Waals surface area contributed by atoms with E-state index in [0.29, 0.717) is 0 Å². The summed E-state index contributed by atoms with van der Waals surface area (Å²) in [7, 11) is 0. The van der Waals surface area contributed by atoms with Gasteiger partial charge in [-0.2, -0.15) is 0 Å². The first-order chi connectivity index (χ1) is 9.29. The second-order valence-corrected chi connectivity index (χ2v) is 5.61. The second kappa shape index (κ2) is 4.98. The van der Waals surface area contributed by atoms with E-state index in [1.165, 1.54) is 5.56 Å². The second-order valence-electron chi connectivity index (χ2n) is 4.53. The van der Waals surface area contributed by atoms with Gasteiger partial charge in [0, 0.05) is 20.2 Å². The smallest absolute Gasteiger partial charge is 0.195 e. The number of rotatable bonds is 2. The summed E-state index contributed by atoms with van der Waals surface area (Å²) in [5.74, 6) is 0. The van der Waals surface area contributed by atoms with E-state index in [9.17, 15) is 4.79 Å². The molecule has 0 aliphatic carbocycles. The summed E-state index contributed by atoms with van der Waals surface area (Å²) in [5.41, 5.74) is 1.33. The van der Waals surface area contributed by atoms with Crippen molar-refractivity contribution in [3.8, 4) is 0 Å². The number of benzene rings is 2. The predicted molar refractivity (Wildman–Crippen MR) is 84.1 cm³/mol. The number of fused-ring (bicyclic) bond motifs is 2. The molecule has 0 aliphatic rings. The van der Waals surface area contributed by atoms with Crippen LogP contribution in [0.25, 0.3) is 20.2 Å². The molecular weight excluding hydrogens is 252 g/mol. The number of hydrogen-bond acceptors (Lipinski definition) is 2. The lowest BCUT2D eigenvalue weighted by Gasteiger charge is -2.03. The highest BCUT2D eigenvalue weighted by atomic mass is 32.1. The average Bonchev–Trinajstić information content (AvgIpc) is 2.46. The first kappa shape index (κ1) is 12.1. The largest absolute Gasteiger partial charge is 0.289 e. The highest BCUT2D eigenvalue weighted by Gasteiger charge is 2.05. The van der Waals surface area contributed by atoms with Crippen molar-refractivity contribution in [2.75, 3.05) is 0 Å². The maximum atomic E-state index is 12.5. The molecule has 19 heavy (non-hydrogen) atoms. The molecular formula is C17H14OS. The van der Waals surface area contributed by atoms with Gasteiger partial charge >= 0.3 is 0 Å². The minimum absolute atomic E-state index is 0.145. The lowest BCUT2D eigenvalue weighted by atomic mass is 10.1. The number of hydrogen-bond donors (Lipinski definition) is 0. The monoisotopic (exact) mass is 266 g/mol. The van der Waals surface area contributed by atoms with Gasteiger partial charge in [-0.1, -0.05) is 30.4 Å². The summed E-state index contributed by atoms with van der Waals surface area (Å²) < 4.78 is 2.12. The third-order valence-electron chi connectivity index (χ3n) is 3.23. The Morgan fingerprint density at radius 1 is 1.05 bits per heavy atom. The van der Waals surface area contributed by atoms with Crippen LogP contribution in [0.1, 0.15) is 12.5 Å². The van der Waals surface area contributed by atoms with Gasteiger partial charge in [0.15, 0.2) is 5.43 Å². The molecule has 94 valence electrons. The van der Waals surface area contributed by atoms with Gasteiger partial charge < -0.3 is 0 Å². The van der Waals surface area contributed by atoms with Crippen LogP contribution in [0.5, 0.6) is 0 Å². The van der Waals surface area contributed by atoms with Gasteiger partial charge in [-0.05, 0) is 43.2 Å². The summed E-state index contributed by atoms with van der Waals surface area (Å²) in [5, 5.41) is 1.66. The predicted octanol–water partition coefficient (Wildman–Crippen LogP) is 4.53. The molecule has 0 atom stereocenters. The fourth-order valence-electron chi connectivity index (χ4n) is 2.23. The van der Waals surface area contributed by atoms with Crippen molar-refractivity contribution in [2.45, 2.75) is 13.3 Å². The Labute approximate surface area is 115 Å². The molecule has 0 saturated carbocycles.